The van der Waals surface area contributed by atoms with Gasteiger partial charge in [-0.1, -0.05) is 53.2 Å². The predicted octanol–water partition coefficient (Wildman–Crippen LogP) is 6.82. The molecule has 0 spiro atoms. The van der Waals surface area contributed by atoms with Crippen molar-refractivity contribution < 1.29 is 0 Å². The van der Waals surface area contributed by atoms with Crippen LogP contribution in [0, 0.1) is 0 Å². The third-order valence-corrected chi connectivity index (χ3v) is 4.80. The normalized spacial score (nSPS) is 19.0. The minimum absolute atomic E-state index is 0.493. The van der Waals surface area contributed by atoms with E-state index >= 15 is 0 Å². The smallest absolute Gasteiger partial charge is 0.0671 e. The minimum atomic E-state index is 0.493. The van der Waals surface area contributed by atoms with Gasteiger partial charge in [0.05, 0.1) is 17.1 Å². The van der Waals surface area contributed by atoms with Crippen molar-refractivity contribution >= 4 is 17.1 Å². The molecule has 0 bridgehead atoms. The van der Waals surface area contributed by atoms with Crippen molar-refractivity contribution in [3.63, 3.8) is 0 Å². The van der Waals surface area contributed by atoms with Crippen molar-refractivity contribution in [1.29, 1.82) is 0 Å². The average molecular weight is 327 g/mol. The van der Waals surface area contributed by atoms with E-state index in [1.807, 2.05) is 0 Å². The lowest BCUT2D eigenvalue weighted by molar-refractivity contribution is 0.761. The zero-order valence-corrected chi connectivity index (χ0v) is 16.2. The second-order valence-electron chi connectivity index (χ2n) is 7.54. The second kappa shape index (κ2) is 9.15. The molecule has 2 rings (SSSR count). The highest BCUT2D eigenvalue weighted by atomic mass is 14.8. The third kappa shape index (κ3) is 4.78. The molecule has 0 N–H and O–H groups in total. The van der Waals surface area contributed by atoms with Crippen molar-refractivity contribution in [1.82, 2.24) is 0 Å². The summed E-state index contributed by atoms with van der Waals surface area (Å²) in [7, 11) is 0. The molecule has 0 heterocycles. The van der Waals surface area contributed by atoms with Gasteiger partial charge in [-0.15, -0.1) is 0 Å². The zero-order chi connectivity index (χ0) is 17.5. The summed E-state index contributed by atoms with van der Waals surface area (Å²) in [6.45, 7) is 12.3. The van der Waals surface area contributed by atoms with Crippen LogP contribution in [0.25, 0.3) is 0 Å². The van der Waals surface area contributed by atoms with Gasteiger partial charge in [0.2, 0.25) is 0 Å². The Bertz CT molecular complexity index is 594. The van der Waals surface area contributed by atoms with Crippen LogP contribution in [0.4, 0.5) is 5.69 Å². The fraction of sp³-hybridized carbons (Fsp3) is 0.636. The molecule has 2 heteroatoms. The van der Waals surface area contributed by atoms with Gasteiger partial charge in [-0.25, -0.2) is 0 Å². The molecule has 1 aromatic carbocycles. The Morgan fingerprint density at radius 3 is 2.29 bits per heavy atom. The van der Waals surface area contributed by atoms with E-state index in [1.165, 1.54) is 48.2 Å². The average Bonchev–Trinajstić information content (AvgIpc) is 2.56. The van der Waals surface area contributed by atoms with Crippen LogP contribution >= 0.6 is 0 Å². The van der Waals surface area contributed by atoms with Crippen molar-refractivity contribution in [3.8, 4) is 0 Å². The van der Waals surface area contributed by atoms with Crippen molar-refractivity contribution in [2.75, 3.05) is 6.54 Å². The lowest BCUT2D eigenvalue weighted by Crippen LogP contribution is -2.19. The second-order valence-corrected chi connectivity index (χ2v) is 7.54. The summed E-state index contributed by atoms with van der Waals surface area (Å²) in [5, 5.41) is 0. The lowest BCUT2D eigenvalue weighted by Gasteiger charge is -2.20. The van der Waals surface area contributed by atoms with E-state index in [0.29, 0.717) is 11.8 Å². The van der Waals surface area contributed by atoms with Crippen LogP contribution in [0.15, 0.2) is 28.2 Å². The molecule has 132 valence electrons. The molecule has 1 aliphatic carbocycles. The molecule has 1 fully saturated rings. The van der Waals surface area contributed by atoms with Crippen LogP contribution in [-0.2, 0) is 0 Å². The van der Waals surface area contributed by atoms with Gasteiger partial charge in [-0.05, 0) is 61.1 Å². The maximum Gasteiger partial charge on any atom is 0.0671 e. The molecule has 1 aliphatic rings. The van der Waals surface area contributed by atoms with E-state index in [0.717, 1.165) is 25.1 Å². The molecule has 0 saturated heterocycles. The molecule has 0 amide bonds. The Morgan fingerprint density at radius 2 is 1.67 bits per heavy atom. The quantitative estimate of drug-likeness (QED) is 0.512. The van der Waals surface area contributed by atoms with Gasteiger partial charge in [0.25, 0.3) is 0 Å². The number of hydrogen-bond acceptors (Lipinski definition) is 2. The van der Waals surface area contributed by atoms with Gasteiger partial charge in [0, 0.05) is 6.54 Å². The first-order chi connectivity index (χ1) is 11.5. The largest absolute Gasteiger partial charge is 0.288 e. The number of nitrogens with zero attached hydrogens (tertiary/aromatic N) is 2. The van der Waals surface area contributed by atoms with E-state index in [4.69, 9.17) is 9.98 Å². The molecular weight excluding hydrogens is 292 g/mol. The topological polar surface area (TPSA) is 24.7 Å². The van der Waals surface area contributed by atoms with E-state index in [2.05, 4.69) is 52.8 Å². The summed E-state index contributed by atoms with van der Waals surface area (Å²) in [6, 6.07) is 6.62. The Kier molecular flexibility index (Phi) is 7.20. The highest BCUT2D eigenvalue weighted by Crippen LogP contribution is 2.35. The Balaban J connectivity index is 2.40. The molecule has 1 saturated carbocycles. The summed E-state index contributed by atoms with van der Waals surface area (Å²) in [4.78, 5) is 10.00. The van der Waals surface area contributed by atoms with Gasteiger partial charge >= 0.3 is 0 Å². The van der Waals surface area contributed by atoms with Crippen LogP contribution in [-0.4, -0.2) is 18.0 Å². The van der Waals surface area contributed by atoms with Crippen LogP contribution in [0.1, 0.15) is 96.1 Å². The first kappa shape index (κ1) is 18.9. The number of aliphatic imine (C=N–C) groups is 2. The molecule has 2 nitrogen and oxygen atoms in total. The molecule has 0 unspecified atom stereocenters. The van der Waals surface area contributed by atoms with Crippen molar-refractivity contribution in [2.45, 2.75) is 85.0 Å². The number of rotatable bonds is 6. The zero-order valence-electron chi connectivity index (χ0n) is 16.2. The van der Waals surface area contributed by atoms with Gasteiger partial charge in [-0.2, -0.15) is 0 Å². The summed E-state index contributed by atoms with van der Waals surface area (Å²) < 4.78 is 0. The van der Waals surface area contributed by atoms with Gasteiger partial charge in [-0.3, -0.25) is 9.98 Å². The van der Waals surface area contributed by atoms with E-state index < -0.39 is 0 Å². The maximum absolute atomic E-state index is 5.13. The maximum atomic E-state index is 5.13. The first-order valence-corrected chi connectivity index (χ1v) is 9.78. The number of unbranched alkanes of at least 4 members (excludes halogenated alkanes) is 1. The number of hydrogen-bond donors (Lipinski definition) is 0. The third-order valence-electron chi connectivity index (χ3n) is 4.80. The van der Waals surface area contributed by atoms with Crippen LogP contribution in [0.5, 0.6) is 0 Å². The monoisotopic (exact) mass is 326 g/mol. The standard InChI is InChI=1S/C22H34N2/c1-6-7-15-23-19-12-8-9-13-20(19)24-21-14-10-11-18(16(2)3)22(21)17(4)5/h10-11,14,16-17H,6-9,12-13,15H2,1-5H3. The first-order valence-electron chi connectivity index (χ1n) is 9.78. The molecule has 0 radical (unpaired) electrons. The molecule has 1 aromatic rings. The van der Waals surface area contributed by atoms with Crippen molar-refractivity contribution in [2.24, 2.45) is 9.98 Å². The van der Waals surface area contributed by atoms with Gasteiger partial charge in [0.1, 0.15) is 0 Å². The molecule has 0 aromatic heterocycles. The predicted molar refractivity (Wildman–Crippen MR) is 107 cm³/mol. The van der Waals surface area contributed by atoms with Crippen molar-refractivity contribution in [3.05, 3.63) is 29.3 Å². The van der Waals surface area contributed by atoms with Crippen LogP contribution < -0.4 is 0 Å². The van der Waals surface area contributed by atoms with Crippen LogP contribution in [0.3, 0.4) is 0 Å². The Labute approximate surface area is 148 Å². The number of benzene rings is 1. The van der Waals surface area contributed by atoms with E-state index in [1.54, 1.807) is 0 Å². The van der Waals surface area contributed by atoms with Gasteiger partial charge < -0.3 is 0 Å². The highest BCUT2D eigenvalue weighted by molar-refractivity contribution is 6.43. The Morgan fingerprint density at radius 1 is 0.958 bits per heavy atom. The fourth-order valence-electron chi connectivity index (χ4n) is 3.48. The molecule has 0 atom stereocenters. The molecule has 0 aliphatic heterocycles. The van der Waals surface area contributed by atoms with Crippen LogP contribution in [0.2, 0.25) is 0 Å². The molecular formula is C22H34N2. The minimum Gasteiger partial charge on any atom is -0.288 e. The van der Waals surface area contributed by atoms with E-state index in [-0.39, 0.29) is 0 Å². The summed E-state index contributed by atoms with van der Waals surface area (Å²) >= 11 is 0. The van der Waals surface area contributed by atoms with Gasteiger partial charge in [0.15, 0.2) is 0 Å². The lowest BCUT2D eigenvalue weighted by atomic mass is 9.89. The summed E-state index contributed by atoms with van der Waals surface area (Å²) in [5.74, 6) is 1.03. The summed E-state index contributed by atoms with van der Waals surface area (Å²) in [5.41, 5.74) is 6.52. The molecule has 24 heavy (non-hydrogen) atoms. The Hall–Kier alpha value is -1.44. The van der Waals surface area contributed by atoms with E-state index in [9.17, 15) is 0 Å². The fourth-order valence-corrected chi connectivity index (χ4v) is 3.48. The highest BCUT2D eigenvalue weighted by Gasteiger charge is 2.18. The SMILES string of the molecule is CCCCN=C1CCCCC1=Nc1cccc(C(C)C)c1C(C)C. The summed E-state index contributed by atoms with van der Waals surface area (Å²) in [6.07, 6.45) is 7.06.